The van der Waals surface area contributed by atoms with Crippen LogP contribution in [-0.2, 0) is 4.79 Å². The summed E-state index contributed by atoms with van der Waals surface area (Å²) in [6.07, 6.45) is 1.20. The van der Waals surface area contributed by atoms with Crippen LogP contribution in [0.4, 0.5) is 5.69 Å². The number of likely N-dealkylation sites (tertiary alicyclic amines) is 1. The van der Waals surface area contributed by atoms with Crippen molar-refractivity contribution < 1.29 is 14.7 Å². The number of hydrogen-bond acceptors (Lipinski definition) is 4. The second-order valence-corrected chi connectivity index (χ2v) is 5.21. The number of benzene rings is 1. The van der Waals surface area contributed by atoms with E-state index in [1.807, 2.05) is 4.90 Å². The van der Waals surface area contributed by atoms with E-state index in [2.05, 4.69) is 10.6 Å². The summed E-state index contributed by atoms with van der Waals surface area (Å²) in [7, 11) is 1.58. The number of anilines is 1. The van der Waals surface area contributed by atoms with Crippen molar-refractivity contribution in [3.8, 4) is 0 Å². The molecule has 0 aromatic heterocycles. The molecule has 0 radical (unpaired) electrons. The summed E-state index contributed by atoms with van der Waals surface area (Å²) < 4.78 is 0. The summed E-state index contributed by atoms with van der Waals surface area (Å²) in [6, 6.07) is 6.77. The largest absolute Gasteiger partial charge is 0.393 e. The average molecular weight is 291 g/mol. The fourth-order valence-corrected chi connectivity index (χ4v) is 2.33. The number of aliphatic hydroxyl groups is 1. The van der Waals surface area contributed by atoms with E-state index in [9.17, 15) is 14.7 Å². The lowest BCUT2D eigenvalue weighted by Crippen LogP contribution is -2.40. The van der Waals surface area contributed by atoms with Gasteiger partial charge in [-0.25, -0.2) is 0 Å². The lowest BCUT2D eigenvalue weighted by molar-refractivity contribution is -0.117. The van der Waals surface area contributed by atoms with E-state index in [-0.39, 0.29) is 17.9 Å². The van der Waals surface area contributed by atoms with Crippen molar-refractivity contribution in [2.75, 3.05) is 32.0 Å². The maximum atomic E-state index is 11.9. The zero-order valence-corrected chi connectivity index (χ0v) is 12.1. The van der Waals surface area contributed by atoms with Gasteiger partial charge in [-0.05, 0) is 37.1 Å². The first kappa shape index (κ1) is 15.5. The molecule has 0 aliphatic carbocycles. The molecule has 1 aliphatic heterocycles. The number of aliphatic hydroxyl groups excluding tert-OH is 1. The highest BCUT2D eigenvalue weighted by molar-refractivity contribution is 5.96. The molecule has 1 fully saturated rings. The Morgan fingerprint density at radius 2 is 1.86 bits per heavy atom. The number of carbonyl (C=O) groups is 2. The quantitative estimate of drug-likeness (QED) is 0.752. The second kappa shape index (κ2) is 7.19. The normalized spacial score (nSPS) is 16.5. The first-order chi connectivity index (χ1) is 10.1. The van der Waals surface area contributed by atoms with Crippen molar-refractivity contribution in [3.05, 3.63) is 29.8 Å². The standard InChI is InChI=1S/C15H21N3O3/c1-16-15(21)11-2-4-12(5-3-11)17-14(20)10-18-8-6-13(19)7-9-18/h2-5,13,19H,6-10H2,1H3,(H,16,21)(H,17,20). The van der Waals surface area contributed by atoms with E-state index in [1.54, 1.807) is 31.3 Å². The van der Waals surface area contributed by atoms with Crippen LogP contribution < -0.4 is 10.6 Å². The summed E-state index contributed by atoms with van der Waals surface area (Å²) in [6.45, 7) is 1.80. The van der Waals surface area contributed by atoms with Gasteiger partial charge in [-0.15, -0.1) is 0 Å². The first-order valence-electron chi connectivity index (χ1n) is 7.11. The van der Waals surface area contributed by atoms with Gasteiger partial charge in [0, 0.05) is 31.4 Å². The maximum Gasteiger partial charge on any atom is 0.251 e. The number of carbonyl (C=O) groups excluding carboxylic acids is 2. The number of nitrogens with one attached hydrogen (secondary N) is 2. The minimum atomic E-state index is -0.235. The third-order valence-electron chi connectivity index (χ3n) is 3.58. The van der Waals surface area contributed by atoms with E-state index >= 15 is 0 Å². The molecule has 1 aromatic rings. The summed E-state index contributed by atoms with van der Waals surface area (Å²) in [4.78, 5) is 25.4. The third kappa shape index (κ3) is 4.54. The zero-order valence-electron chi connectivity index (χ0n) is 12.1. The molecule has 114 valence electrons. The van der Waals surface area contributed by atoms with E-state index in [1.165, 1.54) is 0 Å². The molecule has 1 aromatic carbocycles. The minimum Gasteiger partial charge on any atom is -0.393 e. The molecule has 0 saturated carbocycles. The van der Waals surface area contributed by atoms with E-state index in [4.69, 9.17) is 0 Å². The van der Waals surface area contributed by atoms with Crippen LogP contribution in [0, 0.1) is 0 Å². The van der Waals surface area contributed by atoms with E-state index < -0.39 is 0 Å². The van der Waals surface area contributed by atoms with Crippen molar-refractivity contribution in [3.63, 3.8) is 0 Å². The molecule has 6 nitrogen and oxygen atoms in total. The molecule has 3 N–H and O–H groups in total. The smallest absolute Gasteiger partial charge is 0.251 e. The van der Waals surface area contributed by atoms with Crippen LogP contribution in [0.2, 0.25) is 0 Å². The lowest BCUT2D eigenvalue weighted by Gasteiger charge is -2.28. The van der Waals surface area contributed by atoms with E-state index in [0.29, 0.717) is 30.6 Å². The number of rotatable bonds is 4. The van der Waals surface area contributed by atoms with Crippen LogP contribution in [0.3, 0.4) is 0 Å². The fourth-order valence-electron chi connectivity index (χ4n) is 2.33. The Morgan fingerprint density at radius 3 is 2.43 bits per heavy atom. The zero-order chi connectivity index (χ0) is 15.2. The molecule has 0 atom stereocenters. The SMILES string of the molecule is CNC(=O)c1ccc(NC(=O)CN2CCC(O)CC2)cc1. The minimum absolute atomic E-state index is 0.0842. The Labute approximate surface area is 124 Å². The molecule has 1 saturated heterocycles. The highest BCUT2D eigenvalue weighted by atomic mass is 16.3. The molecule has 0 unspecified atom stereocenters. The molecule has 2 amide bonds. The fraction of sp³-hybridized carbons (Fsp3) is 0.467. The van der Waals surface area contributed by atoms with Gasteiger partial charge in [-0.1, -0.05) is 0 Å². The van der Waals surface area contributed by atoms with Crippen molar-refractivity contribution >= 4 is 17.5 Å². The van der Waals surface area contributed by atoms with Crippen LogP contribution in [0.1, 0.15) is 23.2 Å². The summed E-state index contributed by atoms with van der Waals surface area (Å²) in [5, 5.41) is 14.8. The van der Waals surface area contributed by atoms with Gasteiger partial charge in [0.05, 0.1) is 12.6 Å². The molecule has 0 spiro atoms. The monoisotopic (exact) mass is 291 g/mol. The predicted octanol–water partition coefficient (Wildman–Crippen LogP) is 0.441. The number of amides is 2. The topological polar surface area (TPSA) is 81.7 Å². The third-order valence-corrected chi connectivity index (χ3v) is 3.58. The van der Waals surface area contributed by atoms with Gasteiger partial charge in [-0.2, -0.15) is 0 Å². The number of piperidine rings is 1. The first-order valence-corrected chi connectivity index (χ1v) is 7.11. The predicted molar refractivity (Wildman–Crippen MR) is 80.1 cm³/mol. The van der Waals surface area contributed by atoms with Gasteiger partial charge in [0.2, 0.25) is 5.91 Å². The van der Waals surface area contributed by atoms with Gasteiger partial charge >= 0.3 is 0 Å². The van der Waals surface area contributed by atoms with Crippen LogP contribution in [0.25, 0.3) is 0 Å². The second-order valence-electron chi connectivity index (χ2n) is 5.21. The maximum absolute atomic E-state index is 11.9. The van der Waals surface area contributed by atoms with Crippen LogP contribution in [-0.4, -0.2) is 54.6 Å². The van der Waals surface area contributed by atoms with E-state index in [0.717, 1.165) is 13.1 Å². The molecule has 2 rings (SSSR count). The Balaban J connectivity index is 1.83. The Hall–Kier alpha value is -1.92. The molecule has 1 heterocycles. The van der Waals surface area contributed by atoms with Gasteiger partial charge in [0.15, 0.2) is 0 Å². The summed E-state index contributed by atoms with van der Waals surface area (Å²) in [5.74, 6) is -0.237. The lowest BCUT2D eigenvalue weighted by atomic mass is 10.1. The van der Waals surface area contributed by atoms with Gasteiger partial charge in [-0.3, -0.25) is 14.5 Å². The number of hydrogen-bond donors (Lipinski definition) is 3. The Kier molecular flexibility index (Phi) is 5.30. The van der Waals surface area contributed by atoms with Crippen molar-refractivity contribution in [2.24, 2.45) is 0 Å². The highest BCUT2D eigenvalue weighted by Crippen LogP contribution is 2.12. The molecule has 1 aliphatic rings. The van der Waals surface area contributed by atoms with Crippen LogP contribution in [0.15, 0.2) is 24.3 Å². The Bertz CT molecular complexity index is 493. The molecule has 6 heteroatoms. The Morgan fingerprint density at radius 1 is 1.24 bits per heavy atom. The summed E-state index contributed by atoms with van der Waals surface area (Å²) in [5.41, 5.74) is 1.23. The molecule has 0 bridgehead atoms. The average Bonchev–Trinajstić information content (AvgIpc) is 2.49. The van der Waals surface area contributed by atoms with Crippen molar-refractivity contribution in [1.82, 2.24) is 10.2 Å². The van der Waals surface area contributed by atoms with Gasteiger partial charge in [0.1, 0.15) is 0 Å². The highest BCUT2D eigenvalue weighted by Gasteiger charge is 2.18. The molecular formula is C15H21N3O3. The van der Waals surface area contributed by atoms with Gasteiger partial charge < -0.3 is 15.7 Å². The molecular weight excluding hydrogens is 270 g/mol. The number of nitrogens with zero attached hydrogens (tertiary/aromatic N) is 1. The van der Waals surface area contributed by atoms with Crippen LogP contribution in [0.5, 0.6) is 0 Å². The van der Waals surface area contributed by atoms with Gasteiger partial charge in [0.25, 0.3) is 5.91 Å². The van der Waals surface area contributed by atoms with Crippen LogP contribution >= 0.6 is 0 Å². The van der Waals surface area contributed by atoms with Crippen molar-refractivity contribution in [1.29, 1.82) is 0 Å². The summed E-state index contributed by atoms with van der Waals surface area (Å²) >= 11 is 0. The molecule has 21 heavy (non-hydrogen) atoms. The van der Waals surface area contributed by atoms with Crippen molar-refractivity contribution in [2.45, 2.75) is 18.9 Å².